The van der Waals surface area contributed by atoms with Gasteiger partial charge in [-0.15, -0.1) is 0 Å². The second kappa shape index (κ2) is 6.85. The Kier molecular flexibility index (Phi) is 6.60. The molecule has 2 N–H and O–H groups in total. The van der Waals surface area contributed by atoms with Crippen molar-refractivity contribution in [3.63, 3.8) is 0 Å². The normalized spacial score (nSPS) is 14.4. The first-order chi connectivity index (χ1) is 7.00. The van der Waals surface area contributed by atoms with Crippen molar-refractivity contribution in [1.82, 2.24) is 0 Å². The summed E-state index contributed by atoms with van der Waals surface area (Å²) >= 11 is 1.61. The number of carbonyl (C=O) groups excluding carboxylic acids is 2. The van der Waals surface area contributed by atoms with E-state index < -0.39 is 17.5 Å². The summed E-state index contributed by atoms with van der Waals surface area (Å²) in [4.78, 5) is 22.5. The lowest BCUT2D eigenvalue weighted by atomic mass is 9.94. The average molecular weight is 233 g/mol. The van der Waals surface area contributed by atoms with E-state index in [2.05, 4.69) is 4.74 Å². The maximum absolute atomic E-state index is 11.6. The zero-order valence-corrected chi connectivity index (χ0v) is 10.4. The monoisotopic (exact) mass is 233 g/mol. The fourth-order valence-electron chi connectivity index (χ4n) is 0.985. The topological polar surface area (TPSA) is 69.4 Å². The predicted molar refractivity (Wildman–Crippen MR) is 61.6 cm³/mol. The van der Waals surface area contributed by atoms with Gasteiger partial charge in [0.15, 0.2) is 0 Å². The lowest BCUT2D eigenvalue weighted by Gasteiger charge is -2.24. The van der Waals surface area contributed by atoms with Crippen LogP contribution in [0.25, 0.3) is 0 Å². The molecule has 0 aromatic rings. The third-order valence-corrected chi connectivity index (χ3v) is 2.90. The van der Waals surface area contributed by atoms with Crippen molar-refractivity contribution in [3.8, 4) is 0 Å². The molecule has 1 unspecified atom stereocenters. The molecular weight excluding hydrogens is 214 g/mol. The van der Waals surface area contributed by atoms with Gasteiger partial charge in [-0.1, -0.05) is 13.8 Å². The zero-order valence-electron chi connectivity index (χ0n) is 9.54. The predicted octanol–water partition coefficient (Wildman–Crippen LogP) is 1.33. The van der Waals surface area contributed by atoms with Crippen LogP contribution in [0.4, 0.5) is 0 Å². The number of hydrogen-bond acceptors (Lipinski definition) is 5. The number of thioether (sulfide) groups is 1. The summed E-state index contributed by atoms with van der Waals surface area (Å²) in [7, 11) is 0. The van der Waals surface area contributed by atoms with Crippen LogP contribution in [0.2, 0.25) is 0 Å². The van der Waals surface area contributed by atoms with Crippen LogP contribution in [0, 0.1) is 0 Å². The van der Waals surface area contributed by atoms with Gasteiger partial charge in [-0.05, 0) is 24.9 Å². The van der Waals surface area contributed by atoms with Crippen LogP contribution >= 0.6 is 11.8 Å². The van der Waals surface area contributed by atoms with Crippen LogP contribution in [-0.2, 0) is 14.3 Å². The first-order valence-electron chi connectivity index (χ1n) is 5.03. The number of hydrogen-bond donors (Lipinski definition) is 1. The summed E-state index contributed by atoms with van der Waals surface area (Å²) in [6.45, 7) is 3.46. The molecule has 0 aliphatic heterocycles. The molecule has 5 heteroatoms. The lowest BCUT2D eigenvalue weighted by molar-refractivity contribution is -0.163. The fraction of sp³-hybridized carbons (Fsp3) is 0.800. The second-order valence-corrected chi connectivity index (χ2v) is 4.35. The van der Waals surface area contributed by atoms with E-state index in [0.29, 0.717) is 12.8 Å². The van der Waals surface area contributed by atoms with Crippen molar-refractivity contribution >= 4 is 23.7 Å². The van der Waals surface area contributed by atoms with Crippen molar-refractivity contribution in [2.24, 2.45) is 5.73 Å². The molecule has 0 radical (unpaired) electrons. The van der Waals surface area contributed by atoms with Gasteiger partial charge in [0.1, 0.15) is 5.54 Å². The van der Waals surface area contributed by atoms with E-state index in [1.165, 1.54) is 0 Å². The van der Waals surface area contributed by atoms with Crippen molar-refractivity contribution < 1.29 is 14.3 Å². The molecular formula is C10H19NO3S. The van der Waals surface area contributed by atoms with Gasteiger partial charge in [-0.2, -0.15) is 11.8 Å². The van der Waals surface area contributed by atoms with Gasteiger partial charge in [-0.3, -0.25) is 4.79 Å². The van der Waals surface area contributed by atoms with Gasteiger partial charge < -0.3 is 10.5 Å². The van der Waals surface area contributed by atoms with E-state index >= 15 is 0 Å². The Balaban J connectivity index is 4.36. The van der Waals surface area contributed by atoms with Gasteiger partial charge in [0, 0.05) is 6.42 Å². The molecule has 4 nitrogen and oxygen atoms in total. The van der Waals surface area contributed by atoms with Crippen LogP contribution in [0.1, 0.15) is 33.1 Å². The number of carbonyl (C=O) groups is 2. The maximum Gasteiger partial charge on any atom is 0.333 e. The van der Waals surface area contributed by atoms with Crippen molar-refractivity contribution in [2.45, 2.75) is 38.6 Å². The third kappa shape index (κ3) is 4.66. The van der Waals surface area contributed by atoms with Gasteiger partial charge in [0.2, 0.25) is 0 Å². The van der Waals surface area contributed by atoms with E-state index in [0.717, 1.165) is 5.75 Å². The van der Waals surface area contributed by atoms with Crippen molar-refractivity contribution in [3.05, 3.63) is 0 Å². The molecule has 0 amide bonds. The molecule has 0 saturated carbocycles. The molecule has 0 aromatic heterocycles. The molecule has 0 aliphatic rings. The average Bonchev–Trinajstić information content (AvgIpc) is 2.25. The van der Waals surface area contributed by atoms with Crippen molar-refractivity contribution in [2.75, 3.05) is 12.0 Å². The van der Waals surface area contributed by atoms with E-state index in [-0.39, 0.29) is 6.42 Å². The summed E-state index contributed by atoms with van der Waals surface area (Å²) in [6, 6.07) is 0. The minimum atomic E-state index is -1.02. The number of rotatable bonds is 6. The SMILES string of the molecule is CCC(=O)OC(=O)C(N)(CC)CCSC. The summed E-state index contributed by atoms with van der Waals surface area (Å²) in [5.41, 5.74) is 4.87. The summed E-state index contributed by atoms with van der Waals surface area (Å²) in [5.74, 6) is -0.349. The Morgan fingerprint density at radius 1 is 1.40 bits per heavy atom. The first-order valence-corrected chi connectivity index (χ1v) is 6.42. The Morgan fingerprint density at radius 2 is 2.00 bits per heavy atom. The molecule has 0 rings (SSSR count). The fourth-order valence-corrected chi connectivity index (χ4v) is 1.55. The molecule has 0 spiro atoms. The first kappa shape index (κ1) is 14.5. The highest BCUT2D eigenvalue weighted by molar-refractivity contribution is 7.98. The molecule has 0 heterocycles. The zero-order chi connectivity index (χ0) is 11.9. The largest absolute Gasteiger partial charge is 0.392 e. The Hall–Kier alpha value is -0.550. The molecule has 0 bridgehead atoms. The summed E-state index contributed by atoms with van der Waals surface area (Å²) in [6.07, 6.45) is 3.14. The third-order valence-electron chi connectivity index (χ3n) is 2.28. The number of esters is 2. The summed E-state index contributed by atoms with van der Waals surface area (Å²) in [5, 5.41) is 0. The Labute approximate surface area is 94.9 Å². The van der Waals surface area contributed by atoms with Crippen LogP contribution < -0.4 is 5.73 Å². The van der Waals surface area contributed by atoms with Crippen molar-refractivity contribution in [1.29, 1.82) is 0 Å². The van der Waals surface area contributed by atoms with Gasteiger partial charge in [0.25, 0.3) is 0 Å². The highest BCUT2D eigenvalue weighted by atomic mass is 32.2. The Morgan fingerprint density at radius 3 is 2.40 bits per heavy atom. The molecule has 15 heavy (non-hydrogen) atoms. The van der Waals surface area contributed by atoms with E-state index in [1.807, 2.05) is 13.2 Å². The molecule has 0 fully saturated rings. The van der Waals surface area contributed by atoms with Gasteiger partial charge in [-0.25, -0.2) is 4.79 Å². The summed E-state index contributed by atoms with van der Waals surface area (Å²) < 4.78 is 4.64. The highest BCUT2D eigenvalue weighted by Crippen LogP contribution is 2.16. The van der Waals surface area contributed by atoms with E-state index in [1.54, 1.807) is 18.7 Å². The quantitative estimate of drug-likeness (QED) is 0.553. The molecule has 1 atom stereocenters. The van der Waals surface area contributed by atoms with Gasteiger partial charge in [0.05, 0.1) is 0 Å². The van der Waals surface area contributed by atoms with Crippen LogP contribution in [0.15, 0.2) is 0 Å². The molecule has 0 aliphatic carbocycles. The standard InChI is InChI=1S/C10H19NO3S/c1-4-8(12)14-9(13)10(11,5-2)6-7-15-3/h4-7,11H2,1-3H3. The van der Waals surface area contributed by atoms with E-state index in [4.69, 9.17) is 5.73 Å². The number of ether oxygens (including phenoxy) is 1. The Bertz CT molecular complexity index is 233. The van der Waals surface area contributed by atoms with Crippen LogP contribution in [-0.4, -0.2) is 29.5 Å². The maximum atomic E-state index is 11.6. The molecule has 0 aromatic carbocycles. The molecule has 88 valence electrons. The second-order valence-electron chi connectivity index (χ2n) is 3.37. The lowest BCUT2D eigenvalue weighted by Crippen LogP contribution is -2.49. The number of nitrogens with two attached hydrogens (primary N) is 1. The minimum Gasteiger partial charge on any atom is -0.392 e. The van der Waals surface area contributed by atoms with Crippen LogP contribution in [0.5, 0.6) is 0 Å². The highest BCUT2D eigenvalue weighted by Gasteiger charge is 2.34. The van der Waals surface area contributed by atoms with Gasteiger partial charge >= 0.3 is 11.9 Å². The molecule has 0 saturated heterocycles. The van der Waals surface area contributed by atoms with Crippen LogP contribution in [0.3, 0.4) is 0 Å². The smallest absolute Gasteiger partial charge is 0.333 e. The minimum absolute atomic E-state index is 0.189. The van der Waals surface area contributed by atoms with E-state index in [9.17, 15) is 9.59 Å².